The average Bonchev–Trinajstić information content (AvgIpc) is 3.15. The summed E-state index contributed by atoms with van der Waals surface area (Å²) in [7, 11) is 0. The zero-order chi connectivity index (χ0) is 16.2. The Kier molecular flexibility index (Phi) is 4.61. The number of rotatable bonds is 5. The van der Waals surface area contributed by atoms with Gasteiger partial charge in [0.25, 0.3) is 11.1 Å². The minimum Gasteiger partial charge on any atom is -0.454 e. The molecule has 0 N–H and O–H groups in total. The van der Waals surface area contributed by atoms with Crippen LogP contribution in [-0.4, -0.2) is 45.1 Å². The Morgan fingerprint density at radius 1 is 1.43 bits per heavy atom. The van der Waals surface area contributed by atoms with Crippen molar-refractivity contribution in [1.29, 1.82) is 0 Å². The lowest BCUT2D eigenvalue weighted by Crippen LogP contribution is -2.30. The monoisotopic (exact) mass is 333 g/mol. The molecule has 1 amide bonds. The van der Waals surface area contributed by atoms with Crippen LogP contribution in [0.25, 0.3) is 11.5 Å². The number of nitrogens with zero attached hydrogens (tertiary/aromatic N) is 3. The van der Waals surface area contributed by atoms with Crippen LogP contribution in [-0.2, 0) is 16.1 Å². The van der Waals surface area contributed by atoms with Crippen LogP contribution in [0.4, 0.5) is 4.79 Å². The lowest BCUT2D eigenvalue weighted by molar-refractivity contribution is -0.146. The smallest absolute Gasteiger partial charge is 0.326 e. The number of hydrogen-bond acceptors (Lipinski definition) is 7. The van der Waals surface area contributed by atoms with Gasteiger partial charge < -0.3 is 14.1 Å². The van der Waals surface area contributed by atoms with Gasteiger partial charge in [-0.2, -0.15) is 0 Å². The van der Waals surface area contributed by atoms with Gasteiger partial charge in [0.2, 0.25) is 5.89 Å². The molecule has 120 valence electrons. The van der Waals surface area contributed by atoms with Gasteiger partial charge in [-0.05, 0) is 19.1 Å². The first-order valence-corrected chi connectivity index (χ1v) is 8.07. The lowest BCUT2D eigenvalue weighted by atomic mass is 10.1. The van der Waals surface area contributed by atoms with Crippen molar-refractivity contribution in [3.63, 3.8) is 0 Å². The maximum atomic E-state index is 11.7. The molecule has 1 aromatic heterocycles. The zero-order valence-electron chi connectivity index (χ0n) is 12.5. The molecule has 1 fully saturated rings. The number of carbonyl (C=O) groups is 2. The van der Waals surface area contributed by atoms with E-state index in [9.17, 15) is 9.59 Å². The fraction of sp³-hybridized carbons (Fsp3) is 0.333. The van der Waals surface area contributed by atoms with Crippen molar-refractivity contribution >= 4 is 23.0 Å². The summed E-state index contributed by atoms with van der Waals surface area (Å²) in [6.45, 7) is 2.38. The van der Waals surface area contributed by atoms with Crippen LogP contribution < -0.4 is 0 Å². The highest BCUT2D eigenvalue weighted by atomic mass is 32.2. The van der Waals surface area contributed by atoms with Gasteiger partial charge in [-0.1, -0.05) is 29.5 Å². The number of thioether (sulfide) groups is 1. The minimum absolute atomic E-state index is 0.0509. The zero-order valence-corrected chi connectivity index (χ0v) is 13.3. The average molecular weight is 333 g/mol. The molecule has 1 aliphatic rings. The normalized spacial score (nSPS) is 14.3. The second-order valence-corrected chi connectivity index (χ2v) is 6.11. The van der Waals surface area contributed by atoms with Crippen molar-refractivity contribution in [2.75, 3.05) is 18.8 Å². The molecule has 0 atom stereocenters. The second kappa shape index (κ2) is 6.82. The molecule has 7 nitrogen and oxygen atoms in total. The summed E-state index contributed by atoms with van der Waals surface area (Å²) in [4.78, 5) is 24.6. The van der Waals surface area contributed by atoms with E-state index in [1.807, 2.05) is 31.2 Å². The van der Waals surface area contributed by atoms with Crippen LogP contribution in [0.3, 0.4) is 0 Å². The fourth-order valence-electron chi connectivity index (χ4n) is 2.12. The molecule has 0 aliphatic carbocycles. The highest BCUT2D eigenvalue weighted by Gasteiger charge is 2.24. The molecule has 0 radical (unpaired) electrons. The van der Waals surface area contributed by atoms with Gasteiger partial charge in [0.15, 0.2) is 6.61 Å². The highest BCUT2D eigenvalue weighted by Crippen LogP contribution is 2.19. The Hall–Kier alpha value is -2.35. The van der Waals surface area contributed by atoms with Crippen molar-refractivity contribution in [2.24, 2.45) is 0 Å². The van der Waals surface area contributed by atoms with Crippen molar-refractivity contribution in [1.82, 2.24) is 15.1 Å². The van der Waals surface area contributed by atoms with E-state index in [2.05, 4.69) is 10.2 Å². The molecule has 0 saturated carbocycles. The molecule has 0 bridgehead atoms. The predicted molar refractivity (Wildman–Crippen MR) is 83.7 cm³/mol. The number of esters is 1. The van der Waals surface area contributed by atoms with E-state index in [-0.39, 0.29) is 24.3 Å². The molecule has 8 heteroatoms. The number of aromatic nitrogens is 2. The summed E-state index contributed by atoms with van der Waals surface area (Å²) >= 11 is 1.20. The molecule has 3 rings (SSSR count). The summed E-state index contributed by atoms with van der Waals surface area (Å²) in [6.07, 6.45) is 0. The number of ether oxygens (including phenoxy) is 1. The van der Waals surface area contributed by atoms with Crippen molar-refractivity contribution in [3.8, 4) is 11.5 Å². The maximum Gasteiger partial charge on any atom is 0.326 e. The standard InChI is InChI=1S/C15H15N3O4S/c1-10-3-2-4-11(7-10)14-17-16-12(22-14)9-21-13(19)8-18-5-6-23-15(18)20/h2-4,7H,5-6,8-9H2,1H3. The van der Waals surface area contributed by atoms with Gasteiger partial charge in [-0.3, -0.25) is 9.59 Å². The van der Waals surface area contributed by atoms with Gasteiger partial charge >= 0.3 is 5.97 Å². The number of aryl methyl sites for hydroxylation is 1. The van der Waals surface area contributed by atoms with E-state index in [0.29, 0.717) is 18.2 Å². The van der Waals surface area contributed by atoms with E-state index < -0.39 is 5.97 Å². The van der Waals surface area contributed by atoms with Crippen molar-refractivity contribution in [2.45, 2.75) is 13.5 Å². The fourth-order valence-corrected chi connectivity index (χ4v) is 2.94. The van der Waals surface area contributed by atoms with Gasteiger partial charge in [0.1, 0.15) is 6.54 Å². The van der Waals surface area contributed by atoms with Gasteiger partial charge in [-0.15, -0.1) is 10.2 Å². The number of benzene rings is 1. The lowest BCUT2D eigenvalue weighted by Gasteiger charge is -2.12. The molecule has 0 unspecified atom stereocenters. The molecular formula is C15H15N3O4S. The quantitative estimate of drug-likeness (QED) is 0.776. The first-order valence-electron chi connectivity index (χ1n) is 7.08. The third kappa shape index (κ3) is 3.89. The molecule has 1 aromatic carbocycles. The van der Waals surface area contributed by atoms with E-state index in [1.165, 1.54) is 16.7 Å². The first kappa shape index (κ1) is 15.5. The molecule has 23 heavy (non-hydrogen) atoms. The summed E-state index contributed by atoms with van der Waals surface area (Å²) in [5.74, 6) is 0.814. The number of amides is 1. The number of hydrogen-bond donors (Lipinski definition) is 0. The summed E-state index contributed by atoms with van der Waals surface area (Å²) in [5, 5.41) is 7.71. The molecule has 2 heterocycles. The highest BCUT2D eigenvalue weighted by molar-refractivity contribution is 8.13. The van der Waals surface area contributed by atoms with E-state index in [4.69, 9.17) is 9.15 Å². The van der Waals surface area contributed by atoms with Crippen molar-refractivity contribution < 1.29 is 18.7 Å². The van der Waals surface area contributed by atoms with Crippen LogP contribution in [0.5, 0.6) is 0 Å². The summed E-state index contributed by atoms with van der Waals surface area (Å²) in [5.41, 5.74) is 1.90. The third-order valence-electron chi connectivity index (χ3n) is 3.25. The third-order valence-corrected chi connectivity index (χ3v) is 4.15. The van der Waals surface area contributed by atoms with Crippen LogP contribution in [0.15, 0.2) is 28.7 Å². The Balaban J connectivity index is 1.55. The molecule has 2 aromatic rings. The second-order valence-electron chi connectivity index (χ2n) is 5.07. The van der Waals surface area contributed by atoms with Crippen LogP contribution in [0.2, 0.25) is 0 Å². The van der Waals surface area contributed by atoms with Gasteiger partial charge in [-0.25, -0.2) is 0 Å². The predicted octanol–water partition coefficient (Wildman–Crippen LogP) is 2.26. The minimum atomic E-state index is -0.490. The molecule has 1 saturated heterocycles. The van der Waals surface area contributed by atoms with E-state index >= 15 is 0 Å². The van der Waals surface area contributed by atoms with Crippen molar-refractivity contribution in [3.05, 3.63) is 35.7 Å². The molecule has 0 spiro atoms. The summed E-state index contributed by atoms with van der Waals surface area (Å²) < 4.78 is 10.6. The summed E-state index contributed by atoms with van der Waals surface area (Å²) in [6, 6.07) is 7.67. The Morgan fingerprint density at radius 3 is 3.04 bits per heavy atom. The van der Waals surface area contributed by atoms with Gasteiger partial charge in [0.05, 0.1) is 0 Å². The van der Waals surface area contributed by atoms with Gasteiger partial charge in [0, 0.05) is 17.9 Å². The Labute approximate surface area is 137 Å². The molecule has 1 aliphatic heterocycles. The Bertz CT molecular complexity index is 731. The SMILES string of the molecule is Cc1cccc(-c2nnc(COC(=O)CN3CCSC3=O)o2)c1. The van der Waals surface area contributed by atoms with E-state index in [1.54, 1.807) is 0 Å². The van der Waals surface area contributed by atoms with Crippen LogP contribution >= 0.6 is 11.8 Å². The Morgan fingerprint density at radius 2 is 2.30 bits per heavy atom. The number of carbonyl (C=O) groups excluding carboxylic acids is 2. The topological polar surface area (TPSA) is 85.5 Å². The maximum absolute atomic E-state index is 11.7. The van der Waals surface area contributed by atoms with Crippen LogP contribution in [0, 0.1) is 6.92 Å². The largest absolute Gasteiger partial charge is 0.454 e. The first-order chi connectivity index (χ1) is 11.1. The molecular weight excluding hydrogens is 318 g/mol. The van der Waals surface area contributed by atoms with E-state index in [0.717, 1.165) is 11.1 Å². The van der Waals surface area contributed by atoms with Crippen LogP contribution in [0.1, 0.15) is 11.5 Å².